The van der Waals surface area contributed by atoms with Crippen molar-refractivity contribution in [3.63, 3.8) is 0 Å². The highest BCUT2D eigenvalue weighted by molar-refractivity contribution is 7.99. The third kappa shape index (κ3) is 4.14. The Morgan fingerprint density at radius 3 is 2.75 bits per heavy atom. The predicted octanol–water partition coefficient (Wildman–Crippen LogP) is 2.54. The molecule has 2 N–H and O–H groups in total. The van der Waals surface area contributed by atoms with Crippen LogP contribution in [0.5, 0.6) is 0 Å². The standard InChI is InChI=1S/C14H22N2O2S2/c1-11(2)16-20(17,18)14-6-4-3-5-13(14)15-9-12-7-8-19-10-12/h3-6,11-12,15-16H,7-10H2,1-2H3. The summed E-state index contributed by atoms with van der Waals surface area (Å²) >= 11 is 1.96. The van der Waals surface area contributed by atoms with Crippen molar-refractivity contribution < 1.29 is 8.42 Å². The van der Waals surface area contributed by atoms with Crippen molar-refractivity contribution in [1.29, 1.82) is 0 Å². The molecule has 1 unspecified atom stereocenters. The van der Waals surface area contributed by atoms with E-state index in [1.165, 1.54) is 12.2 Å². The van der Waals surface area contributed by atoms with E-state index >= 15 is 0 Å². The molecule has 1 heterocycles. The maximum Gasteiger partial charge on any atom is 0.242 e. The Hall–Kier alpha value is -0.720. The number of anilines is 1. The molecule has 0 radical (unpaired) electrons. The molecule has 0 bridgehead atoms. The topological polar surface area (TPSA) is 58.2 Å². The van der Waals surface area contributed by atoms with Crippen LogP contribution in [0.4, 0.5) is 5.69 Å². The van der Waals surface area contributed by atoms with Gasteiger partial charge in [-0.25, -0.2) is 13.1 Å². The second-order valence-corrected chi connectivity index (χ2v) is 8.21. The first-order chi connectivity index (χ1) is 9.49. The zero-order valence-corrected chi connectivity index (χ0v) is 13.6. The van der Waals surface area contributed by atoms with E-state index in [4.69, 9.17) is 0 Å². The minimum atomic E-state index is -3.45. The van der Waals surface area contributed by atoms with E-state index in [-0.39, 0.29) is 6.04 Å². The molecule has 1 aromatic rings. The third-order valence-corrected chi connectivity index (χ3v) is 6.12. The lowest BCUT2D eigenvalue weighted by molar-refractivity contribution is 0.569. The Morgan fingerprint density at radius 2 is 2.10 bits per heavy atom. The van der Waals surface area contributed by atoms with Crippen molar-refractivity contribution in [2.75, 3.05) is 23.4 Å². The molecule has 0 spiro atoms. The third-order valence-electron chi connectivity index (χ3n) is 3.17. The van der Waals surface area contributed by atoms with Crippen LogP contribution in [0.1, 0.15) is 20.3 Å². The van der Waals surface area contributed by atoms with Crippen LogP contribution in [-0.4, -0.2) is 32.5 Å². The molecule has 0 aliphatic carbocycles. The average molecular weight is 314 g/mol. The molecule has 1 aromatic carbocycles. The number of hydrogen-bond acceptors (Lipinski definition) is 4. The SMILES string of the molecule is CC(C)NS(=O)(=O)c1ccccc1NCC1CCSC1. The van der Waals surface area contributed by atoms with E-state index in [2.05, 4.69) is 10.0 Å². The monoisotopic (exact) mass is 314 g/mol. The van der Waals surface area contributed by atoms with Gasteiger partial charge in [-0.15, -0.1) is 0 Å². The molecule has 1 aliphatic heterocycles. The minimum Gasteiger partial charge on any atom is -0.384 e. The summed E-state index contributed by atoms with van der Waals surface area (Å²) in [7, 11) is -3.45. The number of para-hydroxylation sites is 1. The highest BCUT2D eigenvalue weighted by Gasteiger charge is 2.20. The lowest BCUT2D eigenvalue weighted by atomic mass is 10.1. The molecular weight excluding hydrogens is 292 g/mol. The van der Waals surface area contributed by atoms with Crippen LogP contribution in [-0.2, 0) is 10.0 Å². The summed E-state index contributed by atoms with van der Waals surface area (Å²) in [6.45, 7) is 4.48. The number of thioether (sulfide) groups is 1. The molecule has 1 fully saturated rings. The van der Waals surface area contributed by atoms with Crippen LogP contribution in [0.3, 0.4) is 0 Å². The molecule has 20 heavy (non-hydrogen) atoms. The molecule has 1 aliphatic rings. The van der Waals surface area contributed by atoms with Crippen LogP contribution in [0.15, 0.2) is 29.2 Å². The van der Waals surface area contributed by atoms with Gasteiger partial charge in [0.1, 0.15) is 4.90 Å². The van der Waals surface area contributed by atoms with Crippen molar-refractivity contribution >= 4 is 27.5 Å². The first kappa shape index (κ1) is 15.7. The van der Waals surface area contributed by atoms with Crippen molar-refractivity contribution in [2.24, 2.45) is 5.92 Å². The van der Waals surface area contributed by atoms with E-state index < -0.39 is 10.0 Å². The van der Waals surface area contributed by atoms with E-state index in [9.17, 15) is 8.42 Å². The maximum absolute atomic E-state index is 12.3. The minimum absolute atomic E-state index is 0.112. The number of benzene rings is 1. The van der Waals surface area contributed by atoms with Gasteiger partial charge in [0.15, 0.2) is 0 Å². The fourth-order valence-corrected chi connectivity index (χ4v) is 4.94. The summed E-state index contributed by atoms with van der Waals surface area (Å²) in [4.78, 5) is 0.333. The molecular formula is C14H22N2O2S2. The van der Waals surface area contributed by atoms with Crippen LogP contribution in [0.25, 0.3) is 0 Å². The van der Waals surface area contributed by atoms with Crippen LogP contribution in [0.2, 0.25) is 0 Å². The highest BCUT2D eigenvalue weighted by atomic mass is 32.2. The lowest BCUT2D eigenvalue weighted by Gasteiger charge is -2.16. The second kappa shape index (κ2) is 6.83. The van der Waals surface area contributed by atoms with Gasteiger partial charge in [0, 0.05) is 12.6 Å². The van der Waals surface area contributed by atoms with Gasteiger partial charge in [-0.1, -0.05) is 12.1 Å². The van der Waals surface area contributed by atoms with E-state index in [1.807, 2.05) is 37.7 Å². The van der Waals surface area contributed by atoms with Crippen molar-refractivity contribution in [3.05, 3.63) is 24.3 Å². The molecule has 0 saturated carbocycles. The molecule has 1 saturated heterocycles. The maximum atomic E-state index is 12.3. The van der Waals surface area contributed by atoms with E-state index in [0.717, 1.165) is 12.3 Å². The Kier molecular flexibility index (Phi) is 5.35. The smallest absolute Gasteiger partial charge is 0.242 e. The summed E-state index contributed by atoms with van der Waals surface area (Å²) in [5.41, 5.74) is 0.692. The summed E-state index contributed by atoms with van der Waals surface area (Å²) in [5.74, 6) is 3.00. The zero-order valence-electron chi connectivity index (χ0n) is 11.9. The van der Waals surface area contributed by atoms with Gasteiger partial charge in [0.2, 0.25) is 10.0 Å². The largest absolute Gasteiger partial charge is 0.384 e. The molecule has 112 valence electrons. The van der Waals surface area contributed by atoms with Crippen LogP contribution in [0, 0.1) is 5.92 Å². The molecule has 4 nitrogen and oxygen atoms in total. The van der Waals surface area contributed by atoms with Gasteiger partial charge in [0.05, 0.1) is 5.69 Å². The van der Waals surface area contributed by atoms with Gasteiger partial charge in [-0.05, 0) is 49.8 Å². The Balaban J connectivity index is 2.13. The highest BCUT2D eigenvalue weighted by Crippen LogP contribution is 2.26. The number of nitrogens with one attached hydrogen (secondary N) is 2. The van der Waals surface area contributed by atoms with Gasteiger partial charge in [0.25, 0.3) is 0 Å². The normalized spacial score (nSPS) is 19.4. The fourth-order valence-electron chi connectivity index (χ4n) is 2.22. The molecule has 0 amide bonds. The van der Waals surface area contributed by atoms with Crippen LogP contribution < -0.4 is 10.0 Å². The Morgan fingerprint density at radius 1 is 1.35 bits per heavy atom. The van der Waals surface area contributed by atoms with Gasteiger partial charge >= 0.3 is 0 Å². The summed E-state index contributed by atoms with van der Waals surface area (Å²) in [6.07, 6.45) is 1.21. The number of rotatable bonds is 6. The van der Waals surface area contributed by atoms with Crippen molar-refractivity contribution in [2.45, 2.75) is 31.2 Å². The van der Waals surface area contributed by atoms with Crippen LogP contribution >= 0.6 is 11.8 Å². The zero-order chi connectivity index (χ0) is 14.6. The second-order valence-electron chi connectivity index (χ2n) is 5.38. The van der Waals surface area contributed by atoms with E-state index in [0.29, 0.717) is 16.5 Å². The predicted molar refractivity (Wildman–Crippen MR) is 85.8 cm³/mol. The first-order valence-electron chi connectivity index (χ1n) is 6.92. The quantitative estimate of drug-likeness (QED) is 0.847. The summed E-state index contributed by atoms with van der Waals surface area (Å²) in [6, 6.07) is 6.98. The first-order valence-corrected chi connectivity index (χ1v) is 9.56. The fraction of sp³-hybridized carbons (Fsp3) is 0.571. The van der Waals surface area contributed by atoms with Gasteiger partial charge < -0.3 is 5.32 Å². The average Bonchev–Trinajstić information content (AvgIpc) is 2.88. The van der Waals surface area contributed by atoms with Gasteiger partial charge in [-0.2, -0.15) is 11.8 Å². The lowest BCUT2D eigenvalue weighted by Crippen LogP contribution is -2.31. The van der Waals surface area contributed by atoms with Gasteiger partial charge in [-0.3, -0.25) is 0 Å². The Bertz CT molecular complexity index is 538. The molecule has 2 rings (SSSR count). The van der Waals surface area contributed by atoms with E-state index in [1.54, 1.807) is 12.1 Å². The molecule has 6 heteroatoms. The summed E-state index contributed by atoms with van der Waals surface area (Å²) < 4.78 is 27.2. The molecule has 1 atom stereocenters. The van der Waals surface area contributed by atoms with Crippen molar-refractivity contribution in [3.8, 4) is 0 Å². The van der Waals surface area contributed by atoms with Crippen molar-refractivity contribution in [1.82, 2.24) is 4.72 Å². The number of hydrogen-bond donors (Lipinski definition) is 2. The Labute approximate surface area is 125 Å². The number of sulfonamides is 1. The molecule has 0 aromatic heterocycles. The summed E-state index contributed by atoms with van der Waals surface area (Å²) in [5, 5.41) is 3.30.